The van der Waals surface area contributed by atoms with Crippen molar-refractivity contribution in [2.24, 2.45) is 0 Å². The first-order chi connectivity index (χ1) is 13.0. The second-order valence-electron chi connectivity index (χ2n) is 5.78. The van der Waals surface area contributed by atoms with Crippen molar-refractivity contribution in [3.8, 4) is 11.1 Å². The lowest BCUT2D eigenvalue weighted by Crippen LogP contribution is -2.11. The predicted octanol–water partition coefficient (Wildman–Crippen LogP) is 4.84. The average molecular weight is 361 g/mol. The molecule has 3 aromatic rings. The van der Waals surface area contributed by atoms with Crippen LogP contribution in [0.2, 0.25) is 0 Å². The van der Waals surface area contributed by atoms with Crippen molar-refractivity contribution in [1.82, 2.24) is 0 Å². The Hall–Kier alpha value is -3.73. The molecule has 0 spiro atoms. The molecular weight excluding hydrogens is 345 g/mol. The smallest absolute Gasteiger partial charge is 0.337 e. The highest BCUT2D eigenvalue weighted by Gasteiger charge is 2.10. The summed E-state index contributed by atoms with van der Waals surface area (Å²) in [6, 6.07) is 20.3. The van der Waals surface area contributed by atoms with Crippen molar-refractivity contribution in [2.75, 3.05) is 5.32 Å². The quantitative estimate of drug-likeness (QED) is 0.639. The highest BCUT2D eigenvalue weighted by Crippen LogP contribution is 2.22. The van der Waals surface area contributed by atoms with Crippen LogP contribution in [0.3, 0.4) is 0 Å². The standard InChI is InChI=1S/C22H16FNO3/c23-19-14-17(15-6-2-1-3-7-15)11-10-16(19)12-13-21(25)24-20-9-5-4-8-18(20)22(26)27/h1-14H,(H,24,25)(H,26,27). The van der Waals surface area contributed by atoms with E-state index in [1.165, 1.54) is 30.4 Å². The van der Waals surface area contributed by atoms with Gasteiger partial charge in [0.1, 0.15) is 5.82 Å². The number of para-hydroxylation sites is 1. The molecule has 0 saturated carbocycles. The van der Waals surface area contributed by atoms with E-state index < -0.39 is 17.7 Å². The van der Waals surface area contributed by atoms with Crippen LogP contribution in [0, 0.1) is 5.82 Å². The summed E-state index contributed by atoms with van der Waals surface area (Å²) >= 11 is 0. The summed E-state index contributed by atoms with van der Waals surface area (Å²) < 4.78 is 14.3. The maximum atomic E-state index is 14.3. The zero-order valence-electron chi connectivity index (χ0n) is 14.2. The number of hydrogen-bond acceptors (Lipinski definition) is 2. The van der Waals surface area contributed by atoms with E-state index in [-0.39, 0.29) is 16.8 Å². The molecule has 0 radical (unpaired) electrons. The number of nitrogens with one attached hydrogen (secondary N) is 1. The Morgan fingerprint density at radius 3 is 2.30 bits per heavy atom. The minimum atomic E-state index is -1.14. The summed E-state index contributed by atoms with van der Waals surface area (Å²) in [6.07, 6.45) is 2.52. The van der Waals surface area contributed by atoms with Crippen molar-refractivity contribution in [2.45, 2.75) is 0 Å². The Kier molecular flexibility index (Phi) is 5.42. The molecule has 0 aliphatic carbocycles. The number of carboxylic acids is 1. The molecule has 0 atom stereocenters. The van der Waals surface area contributed by atoms with Gasteiger partial charge in [-0.3, -0.25) is 4.79 Å². The summed E-state index contributed by atoms with van der Waals surface area (Å²) in [4.78, 5) is 23.2. The largest absolute Gasteiger partial charge is 0.478 e. The van der Waals surface area contributed by atoms with Crippen molar-refractivity contribution in [1.29, 1.82) is 0 Å². The van der Waals surface area contributed by atoms with Crippen LogP contribution in [-0.4, -0.2) is 17.0 Å². The zero-order chi connectivity index (χ0) is 19.2. The number of carbonyl (C=O) groups excluding carboxylic acids is 1. The first-order valence-electron chi connectivity index (χ1n) is 8.21. The van der Waals surface area contributed by atoms with Crippen LogP contribution in [0.5, 0.6) is 0 Å². The second-order valence-corrected chi connectivity index (χ2v) is 5.78. The van der Waals surface area contributed by atoms with Crippen LogP contribution in [0.1, 0.15) is 15.9 Å². The van der Waals surface area contributed by atoms with Gasteiger partial charge in [0.25, 0.3) is 0 Å². The van der Waals surface area contributed by atoms with Gasteiger partial charge in [-0.2, -0.15) is 0 Å². The lowest BCUT2D eigenvalue weighted by atomic mass is 10.0. The molecule has 2 N–H and O–H groups in total. The van der Waals surface area contributed by atoms with E-state index in [9.17, 15) is 14.0 Å². The lowest BCUT2D eigenvalue weighted by Gasteiger charge is -2.06. The van der Waals surface area contributed by atoms with Gasteiger partial charge in [-0.25, -0.2) is 9.18 Å². The van der Waals surface area contributed by atoms with E-state index in [0.29, 0.717) is 0 Å². The molecule has 3 rings (SSSR count). The fourth-order valence-electron chi connectivity index (χ4n) is 2.59. The SMILES string of the molecule is O=C(C=Cc1ccc(-c2ccccc2)cc1F)Nc1ccccc1C(=O)O. The molecule has 134 valence electrons. The summed E-state index contributed by atoms with van der Waals surface area (Å²) in [5.41, 5.74) is 2.06. The van der Waals surface area contributed by atoms with Gasteiger partial charge >= 0.3 is 5.97 Å². The van der Waals surface area contributed by atoms with Gasteiger partial charge in [0.15, 0.2) is 0 Å². The monoisotopic (exact) mass is 361 g/mol. The van der Waals surface area contributed by atoms with E-state index in [1.807, 2.05) is 30.3 Å². The first-order valence-corrected chi connectivity index (χ1v) is 8.21. The third-order valence-corrected chi connectivity index (χ3v) is 3.94. The number of amides is 1. The van der Waals surface area contributed by atoms with Crippen molar-refractivity contribution >= 4 is 23.6 Å². The molecule has 3 aromatic carbocycles. The molecule has 0 aliphatic heterocycles. The number of benzene rings is 3. The van der Waals surface area contributed by atoms with E-state index in [2.05, 4.69) is 5.32 Å². The van der Waals surface area contributed by atoms with Gasteiger partial charge in [-0.05, 0) is 35.4 Å². The second kappa shape index (κ2) is 8.10. The molecule has 0 saturated heterocycles. The average Bonchev–Trinajstić information content (AvgIpc) is 2.68. The van der Waals surface area contributed by atoms with E-state index in [0.717, 1.165) is 11.1 Å². The van der Waals surface area contributed by atoms with Gasteiger partial charge in [0.2, 0.25) is 5.91 Å². The Balaban J connectivity index is 1.74. The van der Waals surface area contributed by atoms with Gasteiger partial charge < -0.3 is 10.4 Å². The molecular formula is C22H16FNO3. The molecule has 0 heterocycles. The lowest BCUT2D eigenvalue weighted by molar-refractivity contribution is -0.111. The third kappa shape index (κ3) is 4.46. The molecule has 4 nitrogen and oxygen atoms in total. The van der Waals surface area contributed by atoms with Crippen molar-refractivity contribution in [3.05, 3.63) is 95.8 Å². The highest BCUT2D eigenvalue weighted by atomic mass is 19.1. The van der Waals surface area contributed by atoms with Gasteiger partial charge in [-0.1, -0.05) is 54.6 Å². The molecule has 0 aromatic heterocycles. The number of anilines is 1. The topological polar surface area (TPSA) is 66.4 Å². The van der Waals surface area contributed by atoms with Crippen LogP contribution in [-0.2, 0) is 4.79 Å². The zero-order valence-corrected chi connectivity index (χ0v) is 14.2. The van der Waals surface area contributed by atoms with Crippen LogP contribution in [0.25, 0.3) is 17.2 Å². The van der Waals surface area contributed by atoms with E-state index >= 15 is 0 Å². The number of halogens is 1. The summed E-state index contributed by atoms with van der Waals surface area (Å²) in [7, 11) is 0. The Morgan fingerprint density at radius 2 is 1.59 bits per heavy atom. The Labute approximate surface area is 155 Å². The maximum Gasteiger partial charge on any atom is 0.337 e. The van der Waals surface area contributed by atoms with Crippen molar-refractivity contribution in [3.63, 3.8) is 0 Å². The van der Waals surface area contributed by atoms with E-state index in [4.69, 9.17) is 5.11 Å². The molecule has 0 unspecified atom stereocenters. The molecule has 1 amide bonds. The third-order valence-electron chi connectivity index (χ3n) is 3.94. The summed E-state index contributed by atoms with van der Waals surface area (Å²) in [5, 5.41) is 11.6. The Bertz CT molecular complexity index is 1010. The maximum absolute atomic E-state index is 14.3. The van der Waals surface area contributed by atoms with Crippen LogP contribution in [0.4, 0.5) is 10.1 Å². The predicted molar refractivity (Wildman–Crippen MR) is 103 cm³/mol. The van der Waals surface area contributed by atoms with Crippen LogP contribution < -0.4 is 5.32 Å². The number of carboxylic acid groups (broad SMARTS) is 1. The molecule has 5 heteroatoms. The van der Waals surface area contributed by atoms with Crippen LogP contribution in [0.15, 0.2) is 78.9 Å². The van der Waals surface area contributed by atoms with E-state index in [1.54, 1.807) is 24.3 Å². The summed E-state index contributed by atoms with van der Waals surface area (Å²) in [6.45, 7) is 0. The van der Waals surface area contributed by atoms with Crippen molar-refractivity contribution < 1.29 is 19.1 Å². The van der Waals surface area contributed by atoms with Gasteiger partial charge in [0, 0.05) is 11.6 Å². The molecule has 0 bridgehead atoms. The summed E-state index contributed by atoms with van der Waals surface area (Å²) in [5.74, 6) is -2.14. The fraction of sp³-hybridized carbons (Fsp3) is 0. The van der Waals surface area contributed by atoms with Crippen LogP contribution >= 0.6 is 0 Å². The molecule has 0 aliphatic rings. The Morgan fingerprint density at radius 1 is 0.889 bits per heavy atom. The highest BCUT2D eigenvalue weighted by molar-refractivity contribution is 6.06. The number of carbonyl (C=O) groups is 2. The van der Waals surface area contributed by atoms with Gasteiger partial charge in [-0.15, -0.1) is 0 Å². The molecule has 0 fully saturated rings. The normalized spacial score (nSPS) is 10.7. The number of hydrogen-bond donors (Lipinski definition) is 2. The minimum Gasteiger partial charge on any atom is -0.478 e. The molecule has 27 heavy (non-hydrogen) atoms. The van der Waals surface area contributed by atoms with Gasteiger partial charge in [0.05, 0.1) is 11.3 Å². The number of rotatable bonds is 5. The first kappa shape index (κ1) is 18.1. The minimum absolute atomic E-state index is 0.0161. The number of aromatic carboxylic acids is 1. The fourth-order valence-corrected chi connectivity index (χ4v) is 2.59.